The third-order valence-electron chi connectivity index (χ3n) is 4.73. The number of hydrogen-bond acceptors (Lipinski definition) is 1. The van der Waals surface area contributed by atoms with Gasteiger partial charge in [-0.05, 0) is 54.4 Å². The van der Waals surface area contributed by atoms with Gasteiger partial charge in [-0.2, -0.15) is 0 Å². The molecule has 0 saturated heterocycles. The third kappa shape index (κ3) is 5.27. The van der Waals surface area contributed by atoms with Gasteiger partial charge in [0, 0.05) is 40.0 Å². The van der Waals surface area contributed by atoms with Crippen LogP contribution in [-0.2, 0) is 13.1 Å². The molecular formula is C23H24BrClN2O. The molecule has 3 rings (SSSR count). The summed E-state index contributed by atoms with van der Waals surface area (Å²) in [5.41, 5.74) is 2.88. The van der Waals surface area contributed by atoms with E-state index in [0.29, 0.717) is 18.7 Å². The number of carbonyl (C=O) groups is 1. The summed E-state index contributed by atoms with van der Waals surface area (Å²) in [5.74, 6) is 0.0615. The number of amides is 1. The number of benzene rings is 2. The molecule has 0 N–H and O–H groups in total. The highest BCUT2D eigenvalue weighted by Gasteiger charge is 2.17. The number of carbonyl (C=O) groups excluding carboxylic acids is 1. The van der Waals surface area contributed by atoms with E-state index < -0.39 is 0 Å². The molecule has 2 aromatic carbocycles. The maximum Gasteiger partial charge on any atom is 0.254 e. The molecule has 146 valence electrons. The molecule has 28 heavy (non-hydrogen) atoms. The number of halogens is 2. The molecule has 0 atom stereocenters. The molecule has 0 bridgehead atoms. The van der Waals surface area contributed by atoms with Crippen LogP contribution in [0.1, 0.15) is 41.4 Å². The molecule has 0 aliphatic heterocycles. The molecule has 0 saturated carbocycles. The van der Waals surface area contributed by atoms with Crippen LogP contribution in [0.5, 0.6) is 0 Å². The van der Waals surface area contributed by atoms with E-state index in [1.165, 1.54) is 0 Å². The van der Waals surface area contributed by atoms with E-state index in [-0.39, 0.29) is 5.91 Å². The van der Waals surface area contributed by atoms with Gasteiger partial charge in [0.2, 0.25) is 0 Å². The third-order valence-corrected chi connectivity index (χ3v) is 5.63. The Balaban J connectivity index is 1.80. The average Bonchev–Trinajstić information content (AvgIpc) is 3.13. The van der Waals surface area contributed by atoms with Crippen LogP contribution in [-0.4, -0.2) is 21.9 Å². The first kappa shape index (κ1) is 20.7. The molecule has 0 aliphatic rings. The zero-order valence-corrected chi connectivity index (χ0v) is 18.3. The summed E-state index contributed by atoms with van der Waals surface area (Å²) in [4.78, 5) is 15.0. The molecular weight excluding hydrogens is 436 g/mol. The van der Waals surface area contributed by atoms with Crippen LogP contribution in [0.4, 0.5) is 0 Å². The van der Waals surface area contributed by atoms with Gasteiger partial charge in [0.25, 0.3) is 5.91 Å². The second-order valence-corrected chi connectivity index (χ2v) is 8.13. The fourth-order valence-corrected chi connectivity index (χ4v) is 3.59. The van der Waals surface area contributed by atoms with Crippen molar-refractivity contribution in [1.82, 2.24) is 9.47 Å². The Labute approximate surface area is 180 Å². The molecule has 0 radical (unpaired) electrons. The molecule has 1 amide bonds. The number of hydrogen-bond donors (Lipinski definition) is 0. The van der Waals surface area contributed by atoms with E-state index in [1.807, 2.05) is 65.7 Å². The molecule has 0 unspecified atom stereocenters. The van der Waals surface area contributed by atoms with E-state index in [1.54, 1.807) is 0 Å². The summed E-state index contributed by atoms with van der Waals surface area (Å²) in [5, 5.41) is 0.760. The van der Waals surface area contributed by atoms with Gasteiger partial charge in [0.1, 0.15) is 0 Å². The Kier molecular flexibility index (Phi) is 7.35. The quantitative estimate of drug-likeness (QED) is 0.383. The van der Waals surface area contributed by atoms with E-state index in [2.05, 4.69) is 33.5 Å². The van der Waals surface area contributed by atoms with Crippen molar-refractivity contribution in [1.29, 1.82) is 0 Å². The standard InChI is InChI=1S/C23H24BrClN2O/c1-2-3-14-27(23(28)18-10-12-20(24)13-11-18)17-21-8-6-15-26(21)16-19-7-4-5-9-22(19)25/h4-13,15H,2-3,14,16-17H2,1H3. The second-order valence-electron chi connectivity index (χ2n) is 6.81. The minimum Gasteiger partial charge on any atom is -0.345 e. The summed E-state index contributed by atoms with van der Waals surface area (Å²) in [6.07, 6.45) is 4.07. The molecule has 0 spiro atoms. The summed E-state index contributed by atoms with van der Waals surface area (Å²) in [6.45, 7) is 4.15. The minimum absolute atomic E-state index is 0.0615. The van der Waals surface area contributed by atoms with Crippen molar-refractivity contribution in [2.45, 2.75) is 32.9 Å². The van der Waals surface area contributed by atoms with E-state index in [0.717, 1.165) is 40.1 Å². The predicted octanol–water partition coefficient (Wildman–Crippen LogP) is 6.39. The zero-order chi connectivity index (χ0) is 19.9. The summed E-state index contributed by atoms with van der Waals surface area (Å²) in [6, 6.07) is 19.5. The van der Waals surface area contributed by atoms with Crippen molar-refractivity contribution in [3.05, 3.63) is 93.2 Å². The lowest BCUT2D eigenvalue weighted by atomic mass is 10.1. The van der Waals surface area contributed by atoms with Crippen molar-refractivity contribution >= 4 is 33.4 Å². The van der Waals surface area contributed by atoms with Crippen molar-refractivity contribution in [3.8, 4) is 0 Å². The normalized spacial score (nSPS) is 10.8. The smallest absolute Gasteiger partial charge is 0.254 e. The van der Waals surface area contributed by atoms with Gasteiger partial charge in [-0.15, -0.1) is 0 Å². The molecule has 3 nitrogen and oxygen atoms in total. The van der Waals surface area contributed by atoms with Crippen molar-refractivity contribution < 1.29 is 4.79 Å². The van der Waals surface area contributed by atoms with Crippen LogP contribution in [0.3, 0.4) is 0 Å². The van der Waals surface area contributed by atoms with Crippen molar-refractivity contribution in [2.24, 2.45) is 0 Å². The molecule has 0 fully saturated rings. The Bertz CT molecular complexity index is 920. The van der Waals surface area contributed by atoms with E-state index in [9.17, 15) is 4.79 Å². The second kappa shape index (κ2) is 9.94. The van der Waals surface area contributed by atoms with Gasteiger partial charge in [-0.3, -0.25) is 4.79 Å². The highest BCUT2D eigenvalue weighted by atomic mass is 79.9. The van der Waals surface area contributed by atoms with E-state index in [4.69, 9.17) is 11.6 Å². The zero-order valence-electron chi connectivity index (χ0n) is 15.9. The van der Waals surface area contributed by atoms with Gasteiger partial charge >= 0.3 is 0 Å². The predicted molar refractivity (Wildman–Crippen MR) is 119 cm³/mol. The van der Waals surface area contributed by atoms with Crippen LogP contribution in [0.2, 0.25) is 5.02 Å². The number of aromatic nitrogens is 1. The first-order valence-electron chi connectivity index (χ1n) is 9.50. The number of rotatable bonds is 8. The first-order valence-corrected chi connectivity index (χ1v) is 10.7. The van der Waals surface area contributed by atoms with E-state index >= 15 is 0 Å². The van der Waals surface area contributed by atoms with Crippen LogP contribution in [0.15, 0.2) is 71.3 Å². The maximum atomic E-state index is 13.1. The summed E-state index contributed by atoms with van der Waals surface area (Å²) < 4.78 is 3.13. The fraction of sp³-hybridized carbons (Fsp3) is 0.261. The number of nitrogens with zero attached hydrogens (tertiary/aromatic N) is 2. The van der Waals surface area contributed by atoms with Crippen LogP contribution in [0.25, 0.3) is 0 Å². The lowest BCUT2D eigenvalue weighted by Crippen LogP contribution is -2.32. The molecule has 1 aromatic heterocycles. The Morgan fingerprint density at radius 3 is 2.54 bits per heavy atom. The highest BCUT2D eigenvalue weighted by Crippen LogP contribution is 2.19. The Hall–Kier alpha value is -2.04. The lowest BCUT2D eigenvalue weighted by Gasteiger charge is -2.24. The number of unbranched alkanes of at least 4 members (excludes halogenated alkanes) is 1. The fourth-order valence-electron chi connectivity index (χ4n) is 3.13. The largest absolute Gasteiger partial charge is 0.345 e. The molecule has 0 aliphatic carbocycles. The Morgan fingerprint density at radius 2 is 1.82 bits per heavy atom. The SMILES string of the molecule is CCCCN(Cc1cccn1Cc1ccccc1Cl)C(=O)c1ccc(Br)cc1. The van der Waals surface area contributed by atoms with Crippen molar-refractivity contribution in [2.75, 3.05) is 6.54 Å². The summed E-state index contributed by atoms with van der Waals surface area (Å²) in [7, 11) is 0. The van der Waals surface area contributed by atoms with Gasteiger partial charge in [-0.1, -0.05) is 59.1 Å². The van der Waals surface area contributed by atoms with Gasteiger partial charge in [0.05, 0.1) is 6.54 Å². The minimum atomic E-state index is 0.0615. The van der Waals surface area contributed by atoms with Crippen LogP contribution < -0.4 is 0 Å². The van der Waals surface area contributed by atoms with Gasteiger partial charge < -0.3 is 9.47 Å². The molecule has 5 heteroatoms. The average molecular weight is 460 g/mol. The maximum absolute atomic E-state index is 13.1. The Morgan fingerprint density at radius 1 is 1.07 bits per heavy atom. The topological polar surface area (TPSA) is 25.2 Å². The van der Waals surface area contributed by atoms with Crippen LogP contribution >= 0.6 is 27.5 Å². The molecule has 3 aromatic rings. The van der Waals surface area contributed by atoms with Gasteiger partial charge in [-0.25, -0.2) is 0 Å². The van der Waals surface area contributed by atoms with Crippen LogP contribution in [0, 0.1) is 0 Å². The molecule has 1 heterocycles. The van der Waals surface area contributed by atoms with Gasteiger partial charge in [0.15, 0.2) is 0 Å². The monoisotopic (exact) mass is 458 g/mol. The summed E-state index contributed by atoms with van der Waals surface area (Å²) >= 11 is 9.76. The lowest BCUT2D eigenvalue weighted by molar-refractivity contribution is 0.0737. The highest BCUT2D eigenvalue weighted by molar-refractivity contribution is 9.10. The van der Waals surface area contributed by atoms with Crippen molar-refractivity contribution in [3.63, 3.8) is 0 Å². The first-order chi connectivity index (χ1) is 13.6.